The van der Waals surface area contributed by atoms with Gasteiger partial charge in [-0.25, -0.2) is 13.4 Å². The predicted molar refractivity (Wildman–Crippen MR) is 236 cm³/mol. The molecule has 2 aliphatic carbocycles. The number of rotatable bonds is 16. The van der Waals surface area contributed by atoms with E-state index < -0.39 is 10.0 Å². The first-order valence-corrected chi connectivity index (χ1v) is 20.9. The van der Waals surface area contributed by atoms with Crippen LogP contribution in [0, 0.1) is 25.7 Å². The largest absolute Gasteiger partial charge is 0.495 e. The third-order valence-corrected chi connectivity index (χ3v) is 11.0. The van der Waals surface area contributed by atoms with Crippen LogP contribution in [0.3, 0.4) is 0 Å². The number of fused-ring (bicyclic) bond motifs is 1. The van der Waals surface area contributed by atoms with Gasteiger partial charge in [-0.05, 0) is 82.1 Å². The van der Waals surface area contributed by atoms with E-state index in [1.807, 2.05) is 12.1 Å². The molecule has 6 rings (SSSR count). The standard InChI is InChI=1S/C23H34N4O3.C10H8ClNO2.C4H7NO3S.C2H4.2C2H2/c1-3-4-5-6-7-9-19(25-18-13-14-21(30-2)24-16-18)23(29)27-15-8-10-20(27)22(28)26-17-11-12-17;1-14-9-5-12-10(13)8-4-6(11)2-3-7(8)9;6-3-5-9(7,8)4-1-2-4;3*1-2/h3,13-14,16-17,19-20,25H,1,4-12,15H2,2H3,(H,26,28);2-5H,1H3,(H,12,13);3-4H,1-2H2,(H,5,6);1-2H2;2*1-2H/t19?,20-;;;;;/m0...../s1. The summed E-state index contributed by atoms with van der Waals surface area (Å²) in [5.41, 5.74) is 0.613. The number of terminal acetylenes is 2. The summed E-state index contributed by atoms with van der Waals surface area (Å²) in [5.74, 6) is 1.17. The first-order valence-electron chi connectivity index (χ1n) is 19.0. The Balaban J connectivity index is 0.000000492. The van der Waals surface area contributed by atoms with Crippen LogP contribution in [-0.2, 0) is 24.4 Å². The highest BCUT2D eigenvalue weighted by atomic mass is 35.5. The zero-order valence-corrected chi connectivity index (χ0v) is 35.4. The highest BCUT2D eigenvalue weighted by Crippen LogP contribution is 2.27. The lowest BCUT2D eigenvalue weighted by Crippen LogP contribution is -2.51. The molecule has 0 spiro atoms. The fourth-order valence-electron chi connectivity index (χ4n) is 5.80. The van der Waals surface area contributed by atoms with Gasteiger partial charge in [-0.2, -0.15) is 0 Å². The number of hydrogen-bond donors (Lipinski definition) is 4. The first kappa shape index (κ1) is 51.2. The number of nitrogens with one attached hydrogen (secondary N) is 4. The van der Waals surface area contributed by atoms with Crippen molar-refractivity contribution in [1.82, 2.24) is 24.9 Å². The minimum atomic E-state index is -3.26. The summed E-state index contributed by atoms with van der Waals surface area (Å²) < 4.78 is 33.3. The number of hydrogen-bond acceptors (Lipinski definition) is 10. The van der Waals surface area contributed by atoms with Gasteiger partial charge in [0.2, 0.25) is 34.1 Å². The summed E-state index contributed by atoms with van der Waals surface area (Å²) in [4.78, 5) is 55.7. The van der Waals surface area contributed by atoms with Crippen LogP contribution in [0.25, 0.3) is 10.8 Å². The van der Waals surface area contributed by atoms with E-state index in [0.717, 1.165) is 68.9 Å². The Labute approximate surface area is 353 Å². The average Bonchev–Trinajstić information content (AvgIpc) is 4.22. The summed E-state index contributed by atoms with van der Waals surface area (Å²) >= 11 is 5.79. The number of sulfonamides is 1. The maximum Gasteiger partial charge on any atom is 0.256 e. The molecule has 0 radical (unpaired) electrons. The van der Waals surface area contributed by atoms with Crippen LogP contribution >= 0.6 is 11.6 Å². The topological polar surface area (TPSA) is 189 Å². The van der Waals surface area contributed by atoms with E-state index in [0.29, 0.717) is 47.5 Å². The van der Waals surface area contributed by atoms with Crippen molar-refractivity contribution in [3.8, 4) is 37.3 Å². The summed E-state index contributed by atoms with van der Waals surface area (Å²) in [6.07, 6.45) is 31.2. The molecule has 1 aromatic carbocycles. The number of H-pyrrole nitrogens is 1. The molecule has 3 aromatic rings. The third-order valence-electron chi connectivity index (χ3n) is 8.97. The van der Waals surface area contributed by atoms with Crippen LogP contribution in [0.2, 0.25) is 5.02 Å². The second-order valence-electron chi connectivity index (χ2n) is 13.0. The molecule has 59 heavy (non-hydrogen) atoms. The highest BCUT2D eigenvalue weighted by molar-refractivity contribution is 7.90. The van der Waals surface area contributed by atoms with Crippen LogP contribution in [0.1, 0.15) is 70.6 Å². The van der Waals surface area contributed by atoms with E-state index in [1.165, 1.54) is 0 Å². The Morgan fingerprint density at radius 1 is 1.02 bits per heavy atom. The van der Waals surface area contributed by atoms with Crippen LogP contribution in [0.5, 0.6) is 11.6 Å². The molecule has 2 aromatic heterocycles. The number of amides is 3. The summed E-state index contributed by atoms with van der Waals surface area (Å²) in [6, 6.07) is 8.34. The number of aromatic amines is 1. The van der Waals surface area contributed by atoms with Crippen molar-refractivity contribution in [3.63, 3.8) is 0 Å². The number of pyridine rings is 2. The van der Waals surface area contributed by atoms with E-state index in [4.69, 9.17) is 21.1 Å². The molecule has 320 valence electrons. The molecule has 3 aliphatic rings. The predicted octanol–water partition coefficient (Wildman–Crippen LogP) is 5.99. The number of likely N-dealkylation sites (tertiary alicyclic amines) is 1. The van der Waals surface area contributed by atoms with Gasteiger partial charge in [0.05, 0.1) is 36.7 Å². The number of unbranched alkanes of at least 4 members (excludes halogenated alkanes) is 3. The van der Waals surface area contributed by atoms with Gasteiger partial charge in [0.25, 0.3) is 5.56 Å². The van der Waals surface area contributed by atoms with Crippen molar-refractivity contribution in [2.45, 2.75) is 94.0 Å². The monoisotopic (exact) mass is 852 g/mol. The van der Waals surface area contributed by atoms with Crippen molar-refractivity contribution in [3.05, 3.63) is 83.9 Å². The maximum absolute atomic E-state index is 13.4. The van der Waals surface area contributed by atoms with Crippen molar-refractivity contribution in [1.29, 1.82) is 0 Å². The van der Waals surface area contributed by atoms with Gasteiger partial charge in [-0.1, -0.05) is 30.5 Å². The number of carbonyl (C=O) groups is 3. The second kappa shape index (κ2) is 27.8. The molecule has 2 atom stereocenters. The zero-order valence-electron chi connectivity index (χ0n) is 33.9. The molecule has 1 unspecified atom stereocenters. The zero-order chi connectivity index (χ0) is 44.4. The lowest BCUT2D eigenvalue weighted by Gasteiger charge is -2.29. The van der Waals surface area contributed by atoms with Crippen LogP contribution in [0.15, 0.2) is 73.3 Å². The van der Waals surface area contributed by atoms with E-state index in [9.17, 15) is 27.6 Å². The number of allylic oxidation sites excluding steroid dienone is 1. The molecule has 1 saturated heterocycles. The fourth-order valence-corrected chi connectivity index (χ4v) is 7.06. The lowest BCUT2D eigenvalue weighted by atomic mass is 10.0. The molecule has 16 heteroatoms. The van der Waals surface area contributed by atoms with Gasteiger partial charge in [0.1, 0.15) is 17.8 Å². The number of anilines is 1. The number of carbonyl (C=O) groups excluding carboxylic acids is 3. The van der Waals surface area contributed by atoms with E-state index >= 15 is 0 Å². The Hall–Kier alpha value is -5.77. The number of nitrogens with zero attached hydrogens (tertiary/aromatic N) is 2. The van der Waals surface area contributed by atoms with Gasteiger partial charge in [-0.3, -0.25) is 23.9 Å². The lowest BCUT2D eigenvalue weighted by molar-refractivity contribution is -0.139. The molecular formula is C43H57ClN6O8S. The van der Waals surface area contributed by atoms with Crippen molar-refractivity contribution >= 4 is 56.3 Å². The van der Waals surface area contributed by atoms with Crippen LogP contribution < -0.4 is 30.4 Å². The minimum Gasteiger partial charge on any atom is -0.495 e. The second-order valence-corrected chi connectivity index (χ2v) is 15.5. The number of methoxy groups -OCH3 is 2. The molecular weight excluding hydrogens is 796 g/mol. The van der Waals surface area contributed by atoms with Crippen LogP contribution in [-0.4, -0.2) is 85.6 Å². The number of aromatic nitrogens is 2. The maximum atomic E-state index is 13.4. The molecule has 3 amide bonds. The van der Waals surface area contributed by atoms with E-state index in [1.54, 1.807) is 60.5 Å². The SMILES string of the molecule is C#C.C#C.C=C.C=CCCCCCC(Nc1ccc(OC)nc1)C(=O)N1CCC[C@H]1C(=O)NC1CC1.COc1c[nH]c(=O)c2cc(Cl)ccc12.O=CNS(=O)(=O)C1CC1. The number of halogens is 1. The molecule has 2 saturated carbocycles. The van der Waals surface area contributed by atoms with Crippen LogP contribution in [0.4, 0.5) is 5.69 Å². The number of ether oxygens (including phenoxy) is 2. The normalized spacial score (nSPS) is 15.3. The molecule has 3 heterocycles. The molecule has 4 N–H and O–H groups in total. The first-order chi connectivity index (χ1) is 28.5. The minimum absolute atomic E-state index is 0.000743. The fraction of sp³-hybridized carbons (Fsp3) is 0.419. The van der Waals surface area contributed by atoms with E-state index in [2.05, 4.69) is 66.0 Å². The molecule has 14 nitrogen and oxygen atoms in total. The highest BCUT2D eigenvalue weighted by Gasteiger charge is 2.39. The summed E-state index contributed by atoms with van der Waals surface area (Å²) in [7, 11) is -0.123. The number of benzene rings is 1. The summed E-state index contributed by atoms with van der Waals surface area (Å²) in [6.45, 7) is 10.4. The van der Waals surface area contributed by atoms with Gasteiger partial charge in [0.15, 0.2) is 0 Å². The summed E-state index contributed by atoms with van der Waals surface area (Å²) in [5, 5.41) is 7.95. The quantitative estimate of drug-likeness (QED) is 0.0577. The van der Waals surface area contributed by atoms with Gasteiger partial charge < -0.3 is 30.0 Å². The van der Waals surface area contributed by atoms with Crippen molar-refractivity contribution in [2.75, 3.05) is 26.1 Å². The molecule has 3 fully saturated rings. The van der Waals surface area contributed by atoms with Crippen molar-refractivity contribution in [2.24, 2.45) is 0 Å². The van der Waals surface area contributed by atoms with Gasteiger partial charge in [-0.15, -0.1) is 45.4 Å². The Morgan fingerprint density at radius 3 is 2.27 bits per heavy atom. The molecule has 0 bridgehead atoms. The smallest absolute Gasteiger partial charge is 0.256 e. The molecule has 1 aliphatic heterocycles. The van der Waals surface area contributed by atoms with Gasteiger partial charge >= 0.3 is 0 Å². The van der Waals surface area contributed by atoms with Gasteiger partial charge in [0, 0.05) is 35.3 Å². The average molecular weight is 853 g/mol. The van der Waals surface area contributed by atoms with Crippen molar-refractivity contribution < 1.29 is 32.3 Å². The Kier molecular flexibility index (Phi) is 24.1. The van der Waals surface area contributed by atoms with E-state index in [-0.39, 0.29) is 41.1 Å². The third kappa shape index (κ3) is 17.3. The Morgan fingerprint density at radius 2 is 1.71 bits per heavy atom. The Bertz CT molecular complexity index is 1970.